The van der Waals surface area contributed by atoms with Gasteiger partial charge in [-0.3, -0.25) is 5.10 Å². The van der Waals surface area contributed by atoms with Crippen LogP contribution in [0.25, 0.3) is 33.4 Å². The number of H-pyrrole nitrogens is 1. The van der Waals surface area contributed by atoms with Crippen molar-refractivity contribution in [3.63, 3.8) is 0 Å². The molecule has 0 amide bonds. The summed E-state index contributed by atoms with van der Waals surface area (Å²) in [7, 11) is 0. The Morgan fingerprint density at radius 3 is 2.65 bits per heavy atom. The number of fused-ring (bicyclic) bond motifs is 1. The van der Waals surface area contributed by atoms with Crippen LogP contribution in [0.3, 0.4) is 0 Å². The van der Waals surface area contributed by atoms with Gasteiger partial charge < -0.3 is 5.11 Å². The monoisotopic (exact) mass is 318 g/mol. The number of aromatic amines is 1. The van der Waals surface area contributed by atoms with Crippen molar-refractivity contribution < 1.29 is 5.11 Å². The maximum Gasteiger partial charge on any atom is 0.156 e. The average molecular weight is 318 g/mol. The van der Waals surface area contributed by atoms with E-state index in [1.54, 1.807) is 41.8 Å². The number of pyridine rings is 1. The van der Waals surface area contributed by atoms with Gasteiger partial charge in [0.25, 0.3) is 0 Å². The summed E-state index contributed by atoms with van der Waals surface area (Å²) >= 11 is 1.57. The van der Waals surface area contributed by atoms with Gasteiger partial charge in [-0.15, -0.1) is 0 Å². The number of thiophene rings is 1. The first kappa shape index (κ1) is 13.5. The van der Waals surface area contributed by atoms with E-state index < -0.39 is 0 Å². The number of nitriles is 1. The number of phenols is 1. The summed E-state index contributed by atoms with van der Waals surface area (Å²) < 4.78 is 0. The fraction of sp³-hybridized carbons (Fsp3) is 0. The van der Waals surface area contributed by atoms with Crippen LogP contribution in [0.1, 0.15) is 5.56 Å². The lowest BCUT2D eigenvalue weighted by Gasteiger charge is -2.09. The molecule has 1 aromatic carbocycles. The summed E-state index contributed by atoms with van der Waals surface area (Å²) in [6.07, 6.45) is 1.69. The molecule has 0 aliphatic heterocycles. The van der Waals surface area contributed by atoms with Crippen LogP contribution in [0.4, 0.5) is 0 Å². The topological polar surface area (TPSA) is 85.6 Å². The lowest BCUT2D eigenvalue weighted by atomic mass is 9.96. The number of hydrogen-bond donors (Lipinski definition) is 2. The highest BCUT2D eigenvalue weighted by Crippen LogP contribution is 2.37. The number of phenolic OH excluding ortho intramolecular Hbond substituents is 1. The number of hydrogen-bond acceptors (Lipinski definition) is 5. The summed E-state index contributed by atoms with van der Waals surface area (Å²) in [6, 6.07) is 10.9. The van der Waals surface area contributed by atoms with Gasteiger partial charge >= 0.3 is 0 Å². The van der Waals surface area contributed by atoms with Gasteiger partial charge in [0.05, 0.1) is 17.5 Å². The summed E-state index contributed by atoms with van der Waals surface area (Å²) in [4.78, 5) is 4.56. The predicted octanol–water partition coefficient (Wildman–Crippen LogP) is 3.93. The van der Waals surface area contributed by atoms with Crippen molar-refractivity contribution in [2.45, 2.75) is 0 Å². The molecular weight excluding hydrogens is 308 g/mol. The van der Waals surface area contributed by atoms with Crippen LogP contribution in [-0.2, 0) is 0 Å². The molecule has 0 fully saturated rings. The van der Waals surface area contributed by atoms with Crippen molar-refractivity contribution in [2.24, 2.45) is 0 Å². The quantitative estimate of drug-likeness (QED) is 0.586. The molecule has 0 saturated carbocycles. The van der Waals surface area contributed by atoms with Crippen molar-refractivity contribution in [1.82, 2.24) is 15.2 Å². The number of aromatic hydroxyl groups is 1. The lowest BCUT2D eigenvalue weighted by Crippen LogP contribution is -1.95. The average Bonchev–Trinajstić information content (AvgIpc) is 3.25. The molecule has 6 heteroatoms. The second-order valence-electron chi connectivity index (χ2n) is 5.01. The zero-order valence-electron chi connectivity index (χ0n) is 11.8. The van der Waals surface area contributed by atoms with E-state index >= 15 is 0 Å². The maximum absolute atomic E-state index is 9.74. The van der Waals surface area contributed by atoms with Gasteiger partial charge in [-0.25, -0.2) is 4.98 Å². The van der Waals surface area contributed by atoms with E-state index in [0.717, 1.165) is 22.1 Å². The maximum atomic E-state index is 9.74. The van der Waals surface area contributed by atoms with Crippen LogP contribution in [0.2, 0.25) is 0 Å². The van der Waals surface area contributed by atoms with Crippen molar-refractivity contribution in [3.05, 3.63) is 52.9 Å². The Morgan fingerprint density at radius 1 is 1.13 bits per heavy atom. The molecule has 5 nitrogen and oxygen atoms in total. The second kappa shape index (κ2) is 5.23. The first-order valence-corrected chi connectivity index (χ1v) is 7.81. The molecule has 0 unspecified atom stereocenters. The molecule has 3 aromatic heterocycles. The van der Waals surface area contributed by atoms with Gasteiger partial charge in [0.15, 0.2) is 5.65 Å². The van der Waals surface area contributed by atoms with E-state index in [1.807, 2.05) is 16.8 Å². The lowest BCUT2D eigenvalue weighted by molar-refractivity contribution is 0.475. The highest BCUT2D eigenvalue weighted by Gasteiger charge is 2.19. The minimum Gasteiger partial charge on any atom is -0.508 e. The molecule has 0 bridgehead atoms. The number of nitrogens with one attached hydrogen (secondary N) is 1. The van der Waals surface area contributed by atoms with E-state index in [0.29, 0.717) is 16.9 Å². The van der Waals surface area contributed by atoms with Crippen LogP contribution < -0.4 is 0 Å². The number of nitrogens with zero attached hydrogens (tertiary/aromatic N) is 3. The first-order chi connectivity index (χ1) is 11.3. The van der Waals surface area contributed by atoms with E-state index in [9.17, 15) is 10.4 Å². The fourth-order valence-electron chi connectivity index (χ4n) is 2.61. The molecule has 0 spiro atoms. The number of benzene rings is 1. The number of aromatic nitrogens is 3. The van der Waals surface area contributed by atoms with Crippen LogP contribution in [0.15, 0.2) is 47.3 Å². The standard InChI is InChI=1S/C17H10N4OS/c18-7-13-15(11-5-6-23-9-11)14-8-19-21-17(14)20-16(13)10-1-3-12(22)4-2-10/h1-6,8-9,22H,(H,19,20,21). The largest absolute Gasteiger partial charge is 0.508 e. The third-order valence-electron chi connectivity index (χ3n) is 3.66. The van der Waals surface area contributed by atoms with Gasteiger partial charge in [0.1, 0.15) is 11.8 Å². The van der Waals surface area contributed by atoms with Crippen LogP contribution in [0.5, 0.6) is 5.75 Å². The van der Waals surface area contributed by atoms with Crippen LogP contribution in [0, 0.1) is 11.3 Å². The Labute approximate surface area is 135 Å². The zero-order valence-corrected chi connectivity index (χ0v) is 12.6. The van der Waals surface area contributed by atoms with Crippen LogP contribution in [-0.4, -0.2) is 20.3 Å². The fourth-order valence-corrected chi connectivity index (χ4v) is 3.26. The summed E-state index contributed by atoms with van der Waals surface area (Å²) in [5.41, 5.74) is 4.28. The summed E-state index contributed by atoms with van der Waals surface area (Å²) in [5, 5.41) is 31.0. The third-order valence-corrected chi connectivity index (χ3v) is 4.34. The number of rotatable bonds is 2. The molecule has 0 radical (unpaired) electrons. The second-order valence-corrected chi connectivity index (χ2v) is 5.79. The smallest absolute Gasteiger partial charge is 0.156 e. The van der Waals surface area contributed by atoms with Crippen molar-refractivity contribution in [1.29, 1.82) is 5.26 Å². The molecule has 23 heavy (non-hydrogen) atoms. The zero-order chi connectivity index (χ0) is 15.8. The highest BCUT2D eigenvalue weighted by atomic mass is 32.1. The van der Waals surface area contributed by atoms with E-state index in [-0.39, 0.29) is 5.75 Å². The van der Waals surface area contributed by atoms with Crippen molar-refractivity contribution >= 4 is 22.4 Å². The van der Waals surface area contributed by atoms with Gasteiger partial charge in [-0.05, 0) is 46.7 Å². The van der Waals surface area contributed by atoms with Crippen LogP contribution >= 0.6 is 11.3 Å². The Kier molecular flexibility index (Phi) is 3.07. The van der Waals surface area contributed by atoms with Gasteiger partial charge in [-0.1, -0.05) is 0 Å². The van der Waals surface area contributed by atoms with Crippen molar-refractivity contribution in [3.8, 4) is 34.2 Å². The Balaban J connectivity index is 2.09. The minimum atomic E-state index is 0.174. The van der Waals surface area contributed by atoms with Gasteiger partial charge in [0, 0.05) is 16.5 Å². The minimum absolute atomic E-state index is 0.174. The molecule has 2 N–H and O–H groups in total. The predicted molar refractivity (Wildman–Crippen MR) is 89.0 cm³/mol. The molecule has 0 aliphatic rings. The molecule has 0 atom stereocenters. The molecular formula is C17H10N4OS. The van der Waals surface area contributed by atoms with E-state index in [4.69, 9.17) is 0 Å². The molecule has 0 aliphatic carbocycles. The van der Waals surface area contributed by atoms with Crippen molar-refractivity contribution in [2.75, 3.05) is 0 Å². The SMILES string of the molecule is N#Cc1c(-c2ccc(O)cc2)nc2[nH]ncc2c1-c1ccsc1. The third kappa shape index (κ3) is 2.15. The molecule has 4 rings (SSSR count). The van der Waals surface area contributed by atoms with E-state index in [2.05, 4.69) is 21.3 Å². The Bertz CT molecular complexity index is 1030. The Morgan fingerprint density at radius 2 is 1.96 bits per heavy atom. The van der Waals surface area contributed by atoms with Gasteiger partial charge in [-0.2, -0.15) is 21.7 Å². The summed E-state index contributed by atoms with van der Waals surface area (Å²) in [5.74, 6) is 0.174. The van der Waals surface area contributed by atoms with E-state index in [1.165, 1.54) is 0 Å². The molecule has 0 saturated heterocycles. The molecule has 110 valence electrons. The molecule has 4 aromatic rings. The van der Waals surface area contributed by atoms with Gasteiger partial charge in [0.2, 0.25) is 0 Å². The molecule has 3 heterocycles. The normalized spacial score (nSPS) is 10.7. The first-order valence-electron chi connectivity index (χ1n) is 6.87. The Hall–Kier alpha value is -3.17. The highest BCUT2D eigenvalue weighted by molar-refractivity contribution is 7.08. The summed E-state index contributed by atoms with van der Waals surface area (Å²) in [6.45, 7) is 0.